The first-order valence-corrected chi connectivity index (χ1v) is 6.14. The molecule has 6 nitrogen and oxygen atoms in total. The number of likely N-dealkylation sites (N-methyl/N-ethyl adjacent to an activating group) is 1. The van der Waals surface area contributed by atoms with E-state index in [0.717, 1.165) is 0 Å². The van der Waals surface area contributed by atoms with Gasteiger partial charge in [-0.3, -0.25) is 9.59 Å². The Bertz CT molecular complexity index is 540. The van der Waals surface area contributed by atoms with Crippen molar-refractivity contribution >= 4 is 17.4 Å². The molecule has 1 aromatic rings. The van der Waals surface area contributed by atoms with Gasteiger partial charge in [-0.25, -0.2) is 0 Å². The number of Topliss-reactive ketones (excluding diaryl/α,β-unsaturated/α-hetero) is 1. The molecule has 1 N–H and O–H groups in total. The summed E-state index contributed by atoms with van der Waals surface area (Å²) in [5.41, 5.74) is -0.844. The number of hydrogen-bond acceptors (Lipinski definition) is 5. The van der Waals surface area contributed by atoms with Crippen molar-refractivity contribution in [1.82, 2.24) is 0 Å². The fourth-order valence-electron chi connectivity index (χ4n) is 2.48. The van der Waals surface area contributed by atoms with Gasteiger partial charge in [0.05, 0.1) is 12.1 Å². The zero-order valence-corrected chi connectivity index (χ0v) is 11.6. The van der Waals surface area contributed by atoms with Crippen molar-refractivity contribution in [2.45, 2.75) is 18.3 Å². The minimum absolute atomic E-state index is 0.389. The molecule has 1 aliphatic rings. The molecule has 0 bridgehead atoms. The number of fused-ring (bicyclic) bond motifs is 1. The van der Waals surface area contributed by atoms with Crippen molar-refractivity contribution < 1.29 is 24.2 Å². The molecule has 1 amide bonds. The predicted octanol–water partition coefficient (Wildman–Crippen LogP) is 0.429. The van der Waals surface area contributed by atoms with Gasteiger partial charge < -0.3 is 19.5 Å². The molecule has 108 valence electrons. The highest BCUT2D eigenvalue weighted by Crippen LogP contribution is 2.41. The van der Waals surface area contributed by atoms with E-state index < -0.39 is 23.6 Å². The number of aliphatic hydroxyl groups is 1. The molecule has 1 atom stereocenters. The van der Waals surface area contributed by atoms with Crippen LogP contribution in [0, 0.1) is 0 Å². The Labute approximate surface area is 116 Å². The summed E-state index contributed by atoms with van der Waals surface area (Å²) in [6, 6.07) is 6.84. The maximum atomic E-state index is 12.3. The molecule has 0 fully saturated rings. The van der Waals surface area contributed by atoms with Crippen LogP contribution in [-0.2, 0) is 24.7 Å². The summed E-state index contributed by atoms with van der Waals surface area (Å²) < 4.78 is 9.72. The molecule has 0 aliphatic carbocycles. The lowest BCUT2D eigenvalue weighted by atomic mass is 9.90. The molecule has 20 heavy (non-hydrogen) atoms. The lowest BCUT2D eigenvalue weighted by Crippen LogP contribution is -2.42. The monoisotopic (exact) mass is 279 g/mol. The van der Waals surface area contributed by atoms with Crippen LogP contribution in [0.5, 0.6) is 0 Å². The molecule has 0 aromatic heterocycles. The Hall–Kier alpha value is -1.76. The van der Waals surface area contributed by atoms with Crippen molar-refractivity contribution in [3.63, 3.8) is 0 Å². The topological polar surface area (TPSA) is 76.1 Å². The molecule has 1 aromatic carbocycles. The number of amides is 1. The smallest absolute Gasteiger partial charge is 0.263 e. The summed E-state index contributed by atoms with van der Waals surface area (Å²) >= 11 is 0. The molecule has 0 saturated heterocycles. The molecule has 0 saturated carbocycles. The molecule has 6 heteroatoms. The van der Waals surface area contributed by atoms with Gasteiger partial charge in [0.2, 0.25) is 6.29 Å². The summed E-state index contributed by atoms with van der Waals surface area (Å²) in [6.07, 6.45) is -1.48. The van der Waals surface area contributed by atoms with E-state index in [9.17, 15) is 14.7 Å². The van der Waals surface area contributed by atoms with Gasteiger partial charge in [0.25, 0.3) is 5.91 Å². The largest absolute Gasteiger partial charge is 0.375 e. The predicted molar refractivity (Wildman–Crippen MR) is 71.2 cm³/mol. The van der Waals surface area contributed by atoms with Crippen LogP contribution >= 0.6 is 0 Å². The fraction of sp³-hybridized carbons (Fsp3) is 0.429. The van der Waals surface area contributed by atoms with E-state index in [2.05, 4.69) is 0 Å². The van der Waals surface area contributed by atoms with Crippen molar-refractivity contribution in [2.75, 3.05) is 26.2 Å². The first kappa shape index (κ1) is 14.6. The van der Waals surface area contributed by atoms with Gasteiger partial charge in [0, 0.05) is 26.8 Å². The number of hydrogen-bond donors (Lipinski definition) is 1. The highest BCUT2D eigenvalue weighted by molar-refractivity contribution is 6.08. The summed E-state index contributed by atoms with van der Waals surface area (Å²) in [7, 11) is 4.22. The van der Waals surface area contributed by atoms with Crippen LogP contribution in [0.25, 0.3) is 0 Å². The van der Waals surface area contributed by atoms with Crippen LogP contribution < -0.4 is 4.90 Å². The number of carbonyl (C=O) groups is 2. The van der Waals surface area contributed by atoms with E-state index in [1.807, 2.05) is 0 Å². The highest BCUT2D eigenvalue weighted by Gasteiger charge is 2.50. The second-order valence-corrected chi connectivity index (χ2v) is 4.69. The van der Waals surface area contributed by atoms with Crippen molar-refractivity contribution in [2.24, 2.45) is 0 Å². The number of ketones is 1. The summed E-state index contributed by atoms with van der Waals surface area (Å²) in [5.74, 6) is -1.02. The minimum Gasteiger partial charge on any atom is -0.375 e. The third-order valence-electron chi connectivity index (χ3n) is 3.49. The van der Waals surface area contributed by atoms with Gasteiger partial charge in [0.15, 0.2) is 11.4 Å². The third-order valence-corrected chi connectivity index (χ3v) is 3.49. The van der Waals surface area contributed by atoms with E-state index in [0.29, 0.717) is 11.3 Å². The average molecular weight is 279 g/mol. The van der Waals surface area contributed by atoms with Crippen LogP contribution in [0.3, 0.4) is 0 Å². The van der Waals surface area contributed by atoms with Crippen LogP contribution in [-0.4, -0.2) is 44.4 Å². The molecular weight excluding hydrogens is 262 g/mol. The number of carbonyl (C=O) groups excluding carboxylic acids is 2. The van der Waals surface area contributed by atoms with Gasteiger partial charge in [-0.2, -0.15) is 0 Å². The summed E-state index contributed by atoms with van der Waals surface area (Å²) in [5, 5.41) is 10.7. The van der Waals surface area contributed by atoms with Gasteiger partial charge in [-0.1, -0.05) is 18.2 Å². The first-order chi connectivity index (χ1) is 9.45. The lowest BCUT2D eigenvalue weighted by Gasteiger charge is -2.23. The molecule has 0 unspecified atom stereocenters. The molecular formula is C14H17NO5. The van der Waals surface area contributed by atoms with Gasteiger partial charge in [-0.15, -0.1) is 0 Å². The Kier molecular flexibility index (Phi) is 3.89. The Balaban J connectivity index is 2.35. The molecule has 1 aliphatic heterocycles. The summed E-state index contributed by atoms with van der Waals surface area (Å²) in [6.45, 7) is 0. The summed E-state index contributed by atoms with van der Waals surface area (Å²) in [4.78, 5) is 25.7. The molecule has 1 heterocycles. The fourth-order valence-corrected chi connectivity index (χ4v) is 2.48. The lowest BCUT2D eigenvalue weighted by molar-refractivity contribution is -0.164. The number of methoxy groups -OCH3 is 2. The van der Waals surface area contributed by atoms with Crippen molar-refractivity contribution in [3.8, 4) is 0 Å². The van der Waals surface area contributed by atoms with E-state index in [1.54, 1.807) is 31.3 Å². The number of benzene rings is 1. The van der Waals surface area contributed by atoms with Gasteiger partial charge >= 0.3 is 0 Å². The Morgan fingerprint density at radius 3 is 2.55 bits per heavy atom. The minimum atomic E-state index is -1.86. The normalized spacial score (nSPS) is 21.4. The van der Waals surface area contributed by atoms with E-state index in [4.69, 9.17) is 9.47 Å². The van der Waals surface area contributed by atoms with Crippen LogP contribution in [0.2, 0.25) is 0 Å². The van der Waals surface area contributed by atoms with Crippen LogP contribution in [0.15, 0.2) is 24.3 Å². The second-order valence-electron chi connectivity index (χ2n) is 4.69. The van der Waals surface area contributed by atoms with E-state index >= 15 is 0 Å². The standard InChI is InChI=1S/C14H17NO5/c1-15-10-7-5-4-6-9(10)14(18,13(15)17)8-11(16)12(19-2)20-3/h4-7,12,18H,8H2,1-3H3/t14-/m1/s1. The maximum Gasteiger partial charge on any atom is 0.263 e. The van der Waals surface area contributed by atoms with Gasteiger partial charge in [-0.05, 0) is 6.07 Å². The zero-order valence-electron chi connectivity index (χ0n) is 11.6. The van der Waals surface area contributed by atoms with E-state index in [-0.39, 0.29) is 6.42 Å². The highest BCUT2D eigenvalue weighted by atomic mass is 16.7. The van der Waals surface area contributed by atoms with E-state index in [1.165, 1.54) is 19.1 Å². The SMILES string of the molecule is COC(OC)C(=O)C[C@]1(O)C(=O)N(C)c2ccccc21. The number of ether oxygens (including phenoxy) is 2. The third kappa shape index (κ3) is 2.11. The van der Waals surface area contributed by atoms with Crippen LogP contribution in [0.1, 0.15) is 12.0 Å². The molecule has 0 radical (unpaired) electrons. The van der Waals surface area contributed by atoms with Crippen molar-refractivity contribution in [3.05, 3.63) is 29.8 Å². The Morgan fingerprint density at radius 2 is 1.95 bits per heavy atom. The quantitative estimate of drug-likeness (QED) is 0.791. The number of rotatable bonds is 5. The Morgan fingerprint density at radius 1 is 1.35 bits per heavy atom. The van der Waals surface area contributed by atoms with Crippen molar-refractivity contribution in [1.29, 1.82) is 0 Å². The molecule has 2 rings (SSSR count). The van der Waals surface area contributed by atoms with Crippen LogP contribution in [0.4, 0.5) is 5.69 Å². The second kappa shape index (κ2) is 5.32. The first-order valence-electron chi connectivity index (χ1n) is 6.14. The van der Waals surface area contributed by atoms with Gasteiger partial charge in [0.1, 0.15) is 0 Å². The average Bonchev–Trinajstić information content (AvgIpc) is 2.63. The number of nitrogens with zero attached hydrogens (tertiary/aromatic N) is 1. The maximum absolute atomic E-state index is 12.3. The molecule has 0 spiro atoms. The number of para-hydroxylation sites is 1. The number of anilines is 1. The zero-order chi connectivity index (χ0) is 14.9.